The lowest BCUT2D eigenvalue weighted by Gasteiger charge is -2.24. The number of hydrogen-bond donors (Lipinski definition) is 1. The van der Waals surface area contributed by atoms with Crippen molar-refractivity contribution in [2.75, 3.05) is 30.8 Å². The van der Waals surface area contributed by atoms with Crippen molar-refractivity contribution in [1.29, 1.82) is 0 Å². The van der Waals surface area contributed by atoms with Gasteiger partial charge in [0.1, 0.15) is 0 Å². The number of hydrogen-bond acceptors (Lipinski definition) is 3. The molecule has 1 aliphatic rings. The van der Waals surface area contributed by atoms with E-state index in [1.807, 2.05) is 12.1 Å². The Labute approximate surface area is 97.2 Å². The monoisotopic (exact) mass is 220 g/mol. The largest absolute Gasteiger partial charge is 0.399 e. The van der Waals surface area contributed by atoms with Crippen LogP contribution in [-0.2, 0) is 4.74 Å². The standard InChI is InChI=1S/C13H20N2O/c1-10-8-11(14)5-6-13(10)15(2)9-12-4-3-7-16-12/h5-6,8,12H,3-4,7,9,14H2,1-2H3. The van der Waals surface area contributed by atoms with E-state index in [1.165, 1.54) is 24.1 Å². The minimum Gasteiger partial charge on any atom is -0.399 e. The van der Waals surface area contributed by atoms with Crippen molar-refractivity contribution in [2.24, 2.45) is 0 Å². The van der Waals surface area contributed by atoms with Crippen molar-refractivity contribution in [3.05, 3.63) is 23.8 Å². The van der Waals surface area contributed by atoms with Crippen LogP contribution in [0, 0.1) is 6.92 Å². The average Bonchev–Trinajstić information content (AvgIpc) is 2.70. The SMILES string of the molecule is Cc1cc(N)ccc1N(C)CC1CCCO1. The van der Waals surface area contributed by atoms with Gasteiger partial charge in [-0.1, -0.05) is 0 Å². The summed E-state index contributed by atoms with van der Waals surface area (Å²) in [6.07, 6.45) is 2.76. The molecule has 0 radical (unpaired) electrons. The molecule has 3 heteroatoms. The van der Waals surface area contributed by atoms with Gasteiger partial charge in [-0.15, -0.1) is 0 Å². The molecule has 1 aromatic carbocycles. The summed E-state index contributed by atoms with van der Waals surface area (Å²) in [5.74, 6) is 0. The van der Waals surface area contributed by atoms with Gasteiger partial charge in [0.05, 0.1) is 6.10 Å². The fourth-order valence-electron chi connectivity index (χ4n) is 2.30. The summed E-state index contributed by atoms with van der Waals surface area (Å²) in [6.45, 7) is 3.97. The minimum atomic E-state index is 0.391. The third-order valence-electron chi connectivity index (χ3n) is 3.13. The summed E-state index contributed by atoms with van der Waals surface area (Å²) in [6, 6.07) is 6.05. The second-order valence-electron chi connectivity index (χ2n) is 4.56. The highest BCUT2D eigenvalue weighted by Gasteiger charge is 2.18. The maximum Gasteiger partial charge on any atom is 0.0750 e. The van der Waals surface area contributed by atoms with Crippen molar-refractivity contribution in [3.8, 4) is 0 Å². The molecule has 1 aliphatic heterocycles. The van der Waals surface area contributed by atoms with Crippen LogP contribution >= 0.6 is 0 Å². The van der Waals surface area contributed by atoms with Crippen molar-refractivity contribution in [2.45, 2.75) is 25.9 Å². The highest BCUT2D eigenvalue weighted by atomic mass is 16.5. The van der Waals surface area contributed by atoms with Gasteiger partial charge < -0.3 is 15.4 Å². The minimum absolute atomic E-state index is 0.391. The molecule has 1 saturated heterocycles. The summed E-state index contributed by atoms with van der Waals surface area (Å²) < 4.78 is 5.64. The highest BCUT2D eigenvalue weighted by molar-refractivity contribution is 5.58. The molecule has 1 fully saturated rings. The number of likely N-dealkylation sites (N-methyl/N-ethyl adjacent to an activating group) is 1. The van der Waals surface area contributed by atoms with E-state index in [-0.39, 0.29) is 0 Å². The number of ether oxygens (including phenoxy) is 1. The third-order valence-corrected chi connectivity index (χ3v) is 3.13. The molecule has 1 atom stereocenters. The average molecular weight is 220 g/mol. The summed E-state index contributed by atoms with van der Waals surface area (Å²) in [7, 11) is 2.11. The lowest BCUT2D eigenvalue weighted by atomic mass is 10.1. The van der Waals surface area contributed by atoms with E-state index in [0.717, 1.165) is 18.8 Å². The van der Waals surface area contributed by atoms with Crippen LogP contribution in [0.2, 0.25) is 0 Å². The number of nitrogen functional groups attached to an aromatic ring is 1. The fourth-order valence-corrected chi connectivity index (χ4v) is 2.30. The Morgan fingerprint density at radius 3 is 2.94 bits per heavy atom. The lowest BCUT2D eigenvalue weighted by Crippen LogP contribution is -2.28. The molecule has 0 amide bonds. The maximum atomic E-state index is 5.75. The molecular weight excluding hydrogens is 200 g/mol. The van der Waals surface area contributed by atoms with Gasteiger partial charge in [-0.2, -0.15) is 0 Å². The van der Waals surface area contributed by atoms with E-state index in [2.05, 4.69) is 24.9 Å². The zero-order valence-electron chi connectivity index (χ0n) is 10.1. The van der Waals surface area contributed by atoms with Gasteiger partial charge in [-0.05, 0) is 43.5 Å². The molecule has 2 rings (SSSR count). The molecule has 3 nitrogen and oxygen atoms in total. The molecule has 2 N–H and O–H groups in total. The second-order valence-corrected chi connectivity index (χ2v) is 4.56. The Bertz CT molecular complexity index is 359. The van der Waals surface area contributed by atoms with E-state index >= 15 is 0 Å². The van der Waals surface area contributed by atoms with Crippen molar-refractivity contribution >= 4 is 11.4 Å². The fraction of sp³-hybridized carbons (Fsp3) is 0.538. The predicted octanol–water partition coefficient (Wildman–Crippen LogP) is 2.19. The molecule has 1 aromatic rings. The van der Waals surface area contributed by atoms with E-state index in [9.17, 15) is 0 Å². The van der Waals surface area contributed by atoms with Gasteiger partial charge in [0.15, 0.2) is 0 Å². The van der Waals surface area contributed by atoms with E-state index < -0.39 is 0 Å². The van der Waals surface area contributed by atoms with Gasteiger partial charge in [0, 0.05) is 31.6 Å². The molecule has 0 spiro atoms. The molecule has 0 saturated carbocycles. The number of aryl methyl sites for hydroxylation is 1. The molecule has 1 heterocycles. The first-order valence-electron chi connectivity index (χ1n) is 5.85. The van der Waals surface area contributed by atoms with Crippen LogP contribution in [0.15, 0.2) is 18.2 Å². The first-order chi connectivity index (χ1) is 7.66. The molecule has 0 bridgehead atoms. The lowest BCUT2D eigenvalue weighted by molar-refractivity contribution is 0.116. The third kappa shape index (κ3) is 2.47. The van der Waals surface area contributed by atoms with E-state index in [1.54, 1.807) is 0 Å². The molecular formula is C13H20N2O. The maximum absolute atomic E-state index is 5.75. The number of rotatable bonds is 3. The smallest absolute Gasteiger partial charge is 0.0750 e. The topological polar surface area (TPSA) is 38.5 Å². The van der Waals surface area contributed by atoms with Gasteiger partial charge in [0.2, 0.25) is 0 Å². The quantitative estimate of drug-likeness (QED) is 0.794. The molecule has 0 aliphatic carbocycles. The van der Waals surface area contributed by atoms with E-state index in [4.69, 9.17) is 10.5 Å². The number of benzene rings is 1. The molecule has 16 heavy (non-hydrogen) atoms. The van der Waals surface area contributed by atoms with Crippen LogP contribution in [0.25, 0.3) is 0 Å². The Morgan fingerprint density at radius 1 is 1.50 bits per heavy atom. The van der Waals surface area contributed by atoms with Gasteiger partial charge >= 0.3 is 0 Å². The second kappa shape index (κ2) is 4.74. The van der Waals surface area contributed by atoms with Gasteiger partial charge in [-0.25, -0.2) is 0 Å². The van der Waals surface area contributed by atoms with Crippen molar-refractivity contribution < 1.29 is 4.74 Å². The van der Waals surface area contributed by atoms with Crippen molar-refractivity contribution in [3.63, 3.8) is 0 Å². The van der Waals surface area contributed by atoms with E-state index in [0.29, 0.717) is 6.10 Å². The number of nitrogens with zero attached hydrogens (tertiary/aromatic N) is 1. The van der Waals surface area contributed by atoms with Crippen LogP contribution in [-0.4, -0.2) is 26.3 Å². The summed E-state index contributed by atoms with van der Waals surface area (Å²) in [5.41, 5.74) is 9.04. The predicted molar refractivity (Wildman–Crippen MR) is 67.8 cm³/mol. The summed E-state index contributed by atoms with van der Waals surface area (Å²) in [5, 5.41) is 0. The first kappa shape index (κ1) is 11.3. The number of anilines is 2. The molecule has 0 aromatic heterocycles. The summed E-state index contributed by atoms with van der Waals surface area (Å²) in [4.78, 5) is 2.25. The van der Waals surface area contributed by atoms with Crippen LogP contribution in [0.5, 0.6) is 0 Å². The van der Waals surface area contributed by atoms with Crippen LogP contribution in [0.3, 0.4) is 0 Å². The van der Waals surface area contributed by atoms with Gasteiger partial charge in [0.25, 0.3) is 0 Å². The van der Waals surface area contributed by atoms with Gasteiger partial charge in [-0.3, -0.25) is 0 Å². The zero-order valence-corrected chi connectivity index (χ0v) is 10.1. The summed E-state index contributed by atoms with van der Waals surface area (Å²) >= 11 is 0. The van der Waals surface area contributed by atoms with Crippen LogP contribution in [0.1, 0.15) is 18.4 Å². The number of nitrogens with two attached hydrogens (primary N) is 1. The van der Waals surface area contributed by atoms with Crippen molar-refractivity contribution in [1.82, 2.24) is 0 Å². The highest BCUT2D eigenvalue weighted by Crippen LogP contribution is 2.23. The molecule has 1 unspecified atom stereocenters. The first-order valence-corrected chi connectivity index (χ1v) is 5.85. The Hall–Kier alpha value is -1.22. The molecule has 88 valence electrons. The Balaban J connectivity index is 2.04. The van der Waals surface area contributed by atoms with Crippen LogP contribution in [0.4, 0.5) is 11.4 Å². The zero-order chi connectivity index (χ0) is 11.5. The Morgan fingerprint density at radius 2 is 2.31 bits per heavy atom. The normalized spacial score (nSPS) is 20.0. The van der Waals surface area contributed by atoms with Crippen LogP contribution < -0.4 is 10.6 Å². The Kier molecular flexibility index (Phi) is 3.34.